The lowest BCUT2D eigenvalue weighted by atomic mass is 10.3. The average Bonchev–Trinajstić information content (AvgIpc) is 2.75. The van der Waals surface area contributed by atoms with Gasteiger partial charge in [-0.3, -0.25) is 4.72 Å². The van der Waals surface area contributed by atoms with E-state index in [1.165, 1.54) is 30.3 Å². The molecule has 0 atom stereocenters. The Morgan fingerprint density at radius 3 is 2.25 bits per heavy atom. The molecule has 1 aromatic heterocycles. The fraction of sp³-hybridized carbons (Fsp3) is 0.0909. The monoisotopic (exact) mass is 332 g/mol. The lowest BCUT2D eigenvalue weighted by molar-refractivity contribution is 0.598. The van der Waals surface area contributed by atoms with Gasteiger partial charge in [-0.2, -0.15) is 0 Å². The summed E-state index contributed by atoms with van der Waals surface area (Å²) in [6.45, 7) is 1.78. The van der Waals surface area contributed by atoms with Crippen molar-refractivity contribution < 1.29 is 16.8 Å². The topological polar surface area (TPSA) is 106 Å². The summed E-state index contributed by atoms with van der Waals surface area (Å²) in [7, 11) is -7.83. The Bertz CT molecular complexity index is 838. The number of nitrogens with two attached hydrogens (primary N) is 1. The molecule has 0 unspecified atom stereocenters. The van der Waals surface area contributed by atoms with Crippen LogP contribution in [0.25, 0.3) is 0 Å². The van der Waals surface area contributed by atoms with Crippen molar-refractivity contribution in [2.75, 3.05) is 4.72 Å². The molecule has 0 saturated carbocycles. The number of para-hydroxylation sites is 1. The molecule has 0 saturated heterocycles. The Morgan fingerprint density at radius 2 is 1.70 bits per heavy atom. The lowest BCUT2D eigenvalue weighted by Crippen LogP contribution is -2.18. The van der Waals surface area contributed by atoms with Gasteiger partial charge in [0, 0.05) is 4.88 Å². The molecule has 1 aromatic carbocycles. The smallest absolute Gasteiger partial charge is 0.271 e. The first-order valence-electron chi connectivity index (χ1n) is 5.41. The highest BCUT2D eigenvalue weighted by Crippen LogP contribution is 2.26. The number of thiophene rings is 1. The van der Waals surface area contributed by atoms with Gasteiger partial charge in [0.05, 0.1) is 5.69 Å². The number of nitrogens with one attached hydrogen (secondary N) is 1. The van der Waals surface area contributed by atoms with Gasteiger partial charge in [-0.1, -0.05) is 12.1 Å². The molecular formula is C11H12N2O4S3. The van der Waals surface area contributed by atoms with E-state index >= 15 is 0 Å². The normalized spacial score (nSPS) is 12.3. The predicted octanol–water partition coefficient (Wildman–Crippen LogP) is 1.50. The fourth-order valence-corrected chi connectivity index (χ4v) is 4.67. The van der Waals surface area contributed by atoms with E-state index in [1.807, 2.05) is 0 Å². The Hall–Kier alpha value is -1.42. The molecule has 0 aliphatic rings. The number of aryl methyl sites for hydroxylation is 1. The molecule has 6 nitrogen and oxygen atoms in total. The molecule has 0 fully saturated rings. The van der Waals surface area contributed by atoms with Crippen LogP contribution in [0.5, 0.6) is 0 Å². The van der Waals surface area contributed by atoms with E-state index in [0.717, 1.165) is 16.2 Å². The largest absolute Gasteiger partial charge is 0.278 e. The van der Waals surface area contributed by atoms with E-state index in [4.69, 9.17) is 5.14 Å². The van der Waals surface area contributed by atoms with Crippen molar-refractivity contribution in [2.24, 2.45) is 5.14 Å². The molecular weight excluding hydrogens is 320 g/mol. The van der Waals surface area contributed by atoms with Gasteiger partial charge >= 0.3 is 0 Å². The number of rotatable bonds is 4. The number of anilines is 1. The van der Waals surface area contributed by atoms with Crippen LogP contribution in [0.3, 0.4) is 0 Å². The van der Waals surface area contributed by atoms with Crippen LogP contribution in [0.4, 0.5) is 5.69 Å². The summed E-state index contributed by atoms with van der Waals surface area (Å²) >= 11 is 1.10. The van der Waals surface area contributed by atoms with E-state index in [0.29, 0.717) is 0 Å². The summed E-state index contributed by atoms with van der Waals surface area (Å²) in [5, 5.41) is 5.06. The first-order chi connectivity index (χ1) is 9.20. The van der Waals surface area contributed by atoms with Crippen molar-refractivity contribution >= 4 is 37.1 Å². The van der Waals surface area contributed by atoms with Crippen LogP contribution in [-0.4, -0.2) is 16.8 Å². The average molecular weight is 332 g/mol. The highest BCUT2D eigenvalue weighted by atomic mass is 32.2. The van der Waals surface area contributed by atoms with Crippen LogP contribution in [0, 0.1) is 6.92 Å². The number of benzene rings is 1. The Labute approximate surface area is 121 Å². The van der Waals surface area contributed by atoms with Gasteiger partial charge in [-0.15, -0.1) is 11.3 Å². The maximum atomic E-state index is 12.2. The van der Waals surface area contributed by atoms with E-state index in [-0.39, 0.29) is 14.8 Å². The summed E-state index contributed by atoms with van der Waals surface area (Å²) in [6, 6.07) is 8.70. The molecule has 108 valence electrons. The molecule has 3 N–H and O–H groups in total. The van der Waals surface area contributed by atoms with Crippen LogP contribution < -0.4 is 9.86 Å². The molecule has 0 aliphatic carbocycles. The number of primary sulfonamides is 1. The zero-order chi connectivity index (χ0) is 15.0. The second kappa shape index (κ2) is 5.17. The summed E-state index contributed by atoms with van der Waals surface area (Å²) in [5.41, 5.74) is -0.0685. The second-order valence-corrected chi connectivity index (χ2v) is 8.74. The maximum absolute atomic E-state index is 12.2. The zero-order valence-electron chi connectivity index (χ0n) is 10.4. The van der Waals surface area contributed by atoms with Crippen molar-refractivity contribution in [3.63, 3.8) is 0 Å². The molecule has 0 aliphatic heterocycles. The lowest BCUT2D eigenvalue weighted by Gasteiger charge is -2.10. The van der Waals surface area contributed by atoms with E-state index in [2.05, 4.69) is 4.72 Å². The molecule has 2 rings (SSSR count). The molecule has 0 radical (unpaired) electrons. The van der Waals surface area contributed by atoms with Crippen LogP contribution in [-0.2, 0) is 20.0 Å². The summed E-state index contributed by atoms with van der Waals surface area (Å²) < 4.78 is 49.5. The fourth-order valence-electron chi connectivity index (χ4n) is 1.55. The molecule has 0 spiro atoms. The van der Waals surface area contributed by atoms with Gasteiger partial charge < -0.3 is 0 Å². The summed E-state index contributed by atoms with van der Waals surface area (Å²) in [5.74, 6) is 0. The van der Waals surface area contributed by atoms with Crippen molar-refractivity contribution in [3.8, 4) is 0 Å². The zero-order valence-corrected chi connectivity index (χ0v) is 12.8. The first kappa shape index (κ1) is 15.0. The van der Waals surface area contributed by atoms with Gasteiger partial charge in [-0.05, 0) is 31.2 Å². The standard InChI is InChI=1S/C11H12N2O4S3/c1-8-6-7-11(18-8)20(16,17)13-9-4-2-3-5-10(9)19(12,14)15/h2-7,13H,1H3,(H2,12,14,15). The third-order valence-corrected chi connectivity index (χ3v) is 6.25. The van der Waals surface area contributed by atoms with E-state index < -0.39 is 20.0 Å². The van der Waals surface area contributed by atoms with Gasteiger partial charge in [0.25, 0.3) is 10.0 Å². The molecule has 0 amide bonds. The Morgan fingerprint density at radius 1 is 1.05 bits per heavy atom. The molecule has 9 heteroatoms. The van der Waals surface area contributed by atoms with Gasteiger partial charge in [0.1, 0.15) is 9.10 Å². The molecule has 2 aromatic rings. The van der Waals surface area contributed by atoms with Crippen LogP contribution in [0.15, 0.2) is 45.5 Å². The Kier molecular flexibility index (Phi) is 3.87. The third kappa shape index (κ3) is 3.18. The van der Waals surface area contributed by atoms with E-state index in [9.17, 15) is 16.8 Å². The van der Waals surface area contributed by atoms with Gasteiger partial charge in [-0.25, -0.2) is 22.0 Å². The number of hydrogen-bond donors (Lipinski definition) is 2. The number of hydrogen-bond acceptors (Lipinski definition) is 5. The third-order valence-electron chi connectivity index (χ3n) is 2.42. The van der Waals surface area contributed by atoms with Gasteiger partial charge in [0.2, 0.25) is 10.0 Å². The minimum atomic E-state index is -4.01. The van der Waals surface area contributed by atoms with Crippen LogP contribution in [0.2, 0.25) is 0 Å². The van der Waals surface area contributed by atoms with E-state index in [1.54, 1.807) is 13.0 Å². The van der Waals surface area contributed by atoms with Crippen molar-refractivity contribution in [1.29, 1.82) is 0 Å². The highest BCUT2D eigenvalue weighted by molar-refractivity contribution is 7.94. The number of sulfonamides is 2. The molecule has 0 bridgehead atoms. The SMILES string of the molecule is Cc1ccc(S(=O)(=O)Nc2ccccc2S(N)(=O)=O)s1. The Balaban J connectivity index is 2.46. The molecule has 20 heavy (non-hydrogen) atoms. The van der Waals surface area contributed by atoms with Crippen LogP contribution >= 0.6 is 11.3 Å². The minimum absolute atomic E-state index is 0.0685. The highest BCUT2D eigenvalue weighted by Gasteiger charge is 2.20. The predicted molar refractivity (Wildman–Crippen MR) is 77.7 cm³/mol. The van der Waals surface area contributed by atoms with Gasteiger partial charge in [0.15, 0.2) is 0 Å². The summed E-state index contributed by atoms with van der Waals surface area (Å²) in [4.78, 5) is 0.571. The molecule has 1 heterocycles. The van der Waals surface area contributed by atoms with Crippen molar-refractivity contribution in [3.05, 3.63) is 41.3 Å². The van der Waals surface area contributed by atoms with Crippen LogP contribution in [0.1, 0.15) is 4.88 Å². The first-order valence-corrected chi connectivity index (χ1v) is 9.26. The van der Waals surface area contributed by atoms with Crippen molar-refractivity contribution in [2.45, 2.75) is 16.0 Å². The quantitative estimate of drug-likeness (QED) is 0.885. The second-order valence-electron chi connectivity index (χ2n) is 4.01. The minimum Gasteiger partial charge on any atom is -0.278 e. The maximum Gasteiger partial charge on any atom is 0.271 e. The van der Waals surface area contributed by atoms with Crippen molar-refractivity contribution in [1.82, 2.24) is 0 Å². The summed E-state index contributed by atoms with van der Waals surface area (Å²) in [6.07, 6.45) is 0.